The van der Waals surface area contributed by atoms with Crippen LogP contribution in [0.4, 0.5) is 0 Å². The molecule has 0 spiro atoms. The van der Waals surface area contributed by atoms with Crippen LogP contribution in [0.3, 0.4) is 0 Å². The molecule has 0 atom stereocenters. The van der Waals surface area contributed by atoms with Crippen LogP contribution in [-0.4, -0.2) is 0 Å². The van der Waals surface area contributed by atoms with Crippen molar-refractivity contribution in [3.63, 3.8) is 0 Å². The number of allylic oxidation sites excluding steroid dienone is 4. The van der Waals surface area contributed by atoms with Crippen molar-refractivity contribution in [2.75, 3.05) is 0 Å². The molecule has 42 valence electrons. The van der Waals surface area contributed by atoms with Gasteiger partial charge in [-0.1, -0.05) is 0 Å². The van der Waals surface area contributed by atoms with Crippen LogP contribution in [0, 0.1) is 13.5 Å². The van der Waals surface area contributed by atoms with E-state index in [0.717, 1.165) is 6.42 Å². The normalized spacial score (nSPS) is 12.6. The number of hydrogen-bond acceptors (Lipinski definition) is 0. The third-order valence-electron chi connectivity index (χ3n) is 0.586. The van der Waals surface area contributed by atoms with Gasteiger partial charge in [-0.25, -0.2) is 12.2 Å². The molecule has 0 aromatic rings. The molecule has 1 heteroatoms. The fraction of sp³-hybridized carbons (Fsp3) is 0.167. The first-order chi connectivity index (χ1) is 2.50. The molecule has 0 saturated heterocycles. The van der Waals surface area contributed by atoms with Crippen LogP contribution >= 0.6 is 0 Å². The summed E-state index contributed by atoms with van der Waals surface area (Å²) in [5.74, 6) is 0. The van der Waals surface area contributed by atoms with E-state index in [9.17, 15) is 0 Å². The number of hydrogen-bond donors (Lipinski definition) is 0. The fourth-order valence-electron chi connectivity index (χ4n) is 0.340. The van der Waals surface area contributed by atoms with E-state index in [1.165, 1.54) is 0 Å². The Hall–Kier alpha value is 0.142. The smallest absolute Gasteiger partial charge is 0.358 e. The van der Waals surface area contributed by atoms with Crippen LogP contribution < -0.4 is 0 Å². The van der Waals surface area contributed by atoms with Gasteiger partial charge in [0.15, 0.2) is 0 Å². The Balaban J connectivity index is 0. The monoisotopic (exact) mass is 186 g/mol. The predicted molar refractivity (Wildman–Crippen MR) is 28.0 cm³/mol. The zero-order valence-corrected chi connectivity index (χ0v) is 5.81. The van der Waals surface area contributed by atoms with Gasteiger partial charge in [-0.15, -0.1) is 6.42 Å². The molecule has 0 heterocycles. The van der Waals surface area contributed by atoms with Gasteiger partial charge in [0.25, 0.3) is 0 Å². The second kappa shape index (κ2) is 6.14. The summed E-state index contributed by atoms with van der Waals surface area (Å²) in [7, 11) is 0. The van der Waals surface area contributed by atoms with Gasteiger partial charge in [-0.2, -0.15) is 6.08 Å². The van der Waals surface area contributed by atoms with Crippen LogP contribution in [-0.2, 0) is 20.4 Å². The molecule has 0 unspecified atom stereocenters. The van der Waals surface area contributed by atoms with E-state index in [2.05, 4.69) is 12.2 Å². The largest absolute Gasteiger partial charge is 2.00 e. The van der Waals surface area contributed by atoms with Crippen LogP contribution in [0.15, 0.2) is 18.2 Å². The van der Waals surface area contributed by atoms with E-state index in [1.54, 1.807) is 0 Å². The van der Waals surface area contributed by atoms with E-state index in [4.69, 9.17) is 0 Å². The molecule has 0 N–H and O–H groups in total. The van der Waals surface area contributed by atoms with Gasteiger partial charge >= 0.3 is 20.4 Å². The van der Waals surface area contributed by atoms with Crippen molar-refractivity contribution in [2.24, 2.45) is 0 Å². The molecule has 0 fully saturated rings. The minimum atomic E-state index is 0. The molecule has 1 aliphatic carbocycles. The summed E-state index contributed by atoms with van der Waals surface area (Å²) in [6.45, 7) is 0. The SMILES string of the molecule is [C-]1=CC=CC1.[CH3-].[Pd+2]. The van der Waals surface area contributed by atoms with Gasteiger partial charge < -0.3 is 7.43 Å². The minimum Gasteiger partial charge on any atom is -0.358 e. The summed E-state index contributed by atoms with van der Waals surface area (Å²) in [6.07, 6.45) is 10.0. The van der Waals surface area contributed by atoms with E-state index in [0.29, 0.717) is 0 Å². The molecular formula is C6H8Pd. The molecule has 0 bridgehead atoms. The van der Waals surface area contributed by atoms with Crippen molar-refractivity contribution in [1.29, 1.82) is 0 Å². The summed E-state index contributed by atoms with van der Waals surface area (Å²) in [5, 5.41) is 0. The van der Waals surface area contributed by atoms with Gasteiger partial charge in [0, 0.05) is 0 Å². The molecule has 0 aromatic heterocycles. The Bertz CT molecular complexity index is 62.2. The molecule has 0 aromatic carbocycles. The summed E-state index contributed by atoms with van der Waals surface area (Å²) < 4.78 is 0. The molecule has 0 radical (unpaired) electrons. The van der Waals surface area contributed by atoms with Gasteiger partial charge in [-0.05, 0) is 0 Å². The van der Waals surface area contributed by atoms with Crippen molar-refractivity contribution < 1.29 is 20.4 Å². The summed E-state index contributed by atoms with van der Waals surface area (Å²) in [5.41, 5.74) is 0. The Kier molecular flexibility index (Phi) is 8.94. The fourth-order valence-corrected chi connectivity index (χ4v) is 0.340. The zero-order valence-electron chi connectivity index (χ0n) is 4.26. The van der Waals surface area contributed by atoms with Crippen LogP contribution in [0.25, 0.3) is 0 Å². The summed E-state index contributed by atoms with van der Waals surface area (Å²) >= 11 is 0. The van der Waals surface area contributed by atoms with Crippen molar-refractivity contribution in [2.45, 2.75) is 6.42 Å². The zero-order chi connectivity index (χ0) is 3.54. The number of rotatable bonds is 0. The van der Waals surface area contributed by atoms with Crippen molar-refractivity contribution in [3.8, 4) is 0 Å². The Morgan fingerprint density at radius 2 is 2.14 bits per heavy atom. The van der Waals surface area contributed by atoms with Gasteiger partial charge in [-0.3, -0.25) is 6.08 Å². The van der Waals surface area contributed by atoms with Crippen molar-refractivity contribution in [3.05, 3.63) is 31.7 Å². The molecular weight excluding hydrogens is 178 g/mol. The van der Waals surface area contributed by atoms with Crippen molar-refractivity contribution in [1.82, 2.24) is 0 Å². The molecule has 0 amide bonds. The van der Waals surface area contributed by atoms with E-state index in [-0.39, 0.29) is 27.8 Å². The molecule has 1 aliphatic rings. The standard InChI is InChI=1S/C5H5.CH3.Pd/c1-2-4-5-3-1;;/h1-3H,4H2;1H3;/q2*-1;+2. The molecule has 1 rings (SSSR count). The van der Waals surface area contributed by atoms with Crippen LogP contribution in [0.2, 0.25) is 0 Å². The van der Waals surface area contributed by atoms with Crippen LogP contribution in [0.1, 0.15) is 6.42 Å². The maximum absolute atomic E-state index is 2.99. The van der Waals surface area contributed by atoms with Gasteiger partial charge in [0.05, 0.1) is 0 Å². The van der Waals surface area contributed by atoms with Crippen LogP contribution in [0.5, 0.6) is 0 Å². The average molecular weight is 187 g/mol. The van der Waals surface area contributed by atoms with Gasteiger partial charge in [0.2, 0.25) is 0 Å². The summed E-state index contributed by atoms with van der Waals surface area (Å²) in [4.78, 5) is 0. The molecule has 7 heavy (non-hydrogen) atoms. The van der Waals surface area contributed by atoms with Gasteiger partial charge in [0.1, 0.15) is 0 Å². The van der Waals surface area contributed by atoms with E-state index >= 15 is 0 Å². The molecule has 0 saturated carbocycles. The van der Waals surface area contributed by atoms with E-state index in [1.807, 2.05) is 12.2 Å². The second-order valence-corrected chi connectivity index (χ2v) is 1.00. The Morgan fingerprint density at radius 3 is 2.29 bits per heavy atom. The Morgan fingerprint density at radius 1 is 1.43 bits per heavy atom. The topological polar surface area (TPSA) is 0 Å². The third-order valence-corrected chi connectivity index (χ3v) is 0.586. The average Bonchev–Trinajstić information content (AvgIpc) is 1.76. The maximum Gasteiger partial charge on any atom is 2.00 e. The molecule has 0 nitrogen and oxygen atoms in total. The van der Waals surface area contributed by atoms with E-state index < -0.39 is 0 Å². The quantitative estimate of drug-likeness (QED) is 0.400. The first-order valence-corrected chi connectivity index (χ1v) is 1.72. The Labute approximate surface area is 59.0 Å². The predicted octanol–water partition coefficient (Wildman–Crippen LogP) is 1.75. The first-order valence-electron chi connectivity index (χ1n) is 1.72. The third kappa shape index (κ3) is 3.99. The first kappa shape index (κ1) is 10.2. The molecule has 0 aliphatic heterocycles. The summed E-state index contributed by atoms with van der Waals surface area (Å²) in [6, 6.07) is 0. The van der Waals surface area contributed by atoms with Crippen molar-refractivity contribution >= 4 is 0 Å². The maximum atomic E-state index is 2.99. The second-order valence-electron chi connectivity index (χ2n) is 1.00. The minimum absolute atomic E-state index is 0.